The van der Waals surface area contributed by atoms with E-state index in [9.17, 15) is 14.9 Å². The molecule has 0 bridgehead atoms. The van der Waals surface area contributed by atoms with Crippen molar-refractivity contribution in [1.29, 1.82) is 0 Å². The van der Waals surface area contributed by atoms with E-state index in [4.69, 9.17) is 4.74 Å². The van der Waals surface area contributed by atoms with Crippen molar-refractivity contribution in [2.45, 2.75) is 38.1 Å². The van der Waals surface area contributed by atoms with Gasteiger partial charge in [-0.25, -0.2) is 0 Å². The highest BCUT2D eigenvalue weighted by Gasteiger charge is 2.31. The summed E-state index contributed by atoms with van der Waals surface area (Å²) in [4.78, 5) is 30.6. The van der Waals surface area contributed by atoms with Gasteiger partial charge in [0.05, 0.1) is 23.0 Å². The number of amides is 1. The molecule has 0 aliphatic heterocycles. The van der Waals surface area contributed by atoms with Crippen LogP contribution in [0.5, 0.6) is 5.75 Å². The average molecular weight is 442 g/mol. The van der Waals surface area contributed by atoms with E-state index >= 15 is 0 Å². The van der Waals surface area contributed by atoms with E-state index in [1.807, 2.05) is 43.6 Å². The maximum atomic E-state index is 13.8. The first-order chi connectivity index (χ1) is 14.8. The maximum Gasteiger partial charge on any atom is 0.285 e. The van der Waals surface area contributed by atoms with Crippen molar-refractivity contribution in [3.05, 3.63) is 58.3 Å². The number of carbonyl (C=O) groups excluding carboxylic acids is 1. The van der Waals surface area contributed by atoms with Crippen LogP contribution in [0, 0.1) is 16.0 Å². The molecule has 7 nitrogen and oxygen atoms in total. The number of anilines is 1. The molecule has 164 valence electrons. The van der Waals surface area contributed by atoms with Crippen LogP contribution in [0.2, 0.25) is 0 Å². The van der Waals surface area contributed by atoms with Crippen molar-refractivity contribution in [2.75, 3.05) is 18.3 Å². The first-order valence-electron chi connectivity index (χ1n) is 10.1. The lowest BCUT2D eigenvalue weighted by molar-refractivity contribution is -0.385. The van der Waals surface area contributed by atoms with Crippen molar-refractivity contribution in [1.82, 2.24) is 4.98 Å². The van der Waals surface area contributed by atoms with Gasteiger partial charge in [0.25, 0.3) is 11.6 Å². The minimum atomic E-state index is -0.527. The molecule has 0 aliphatic rings. The second kappa shape index (κ2) is 9.43. The van der Waals surface area contributed by atoms with E-state index in [-0.39, 0.29) is 17.3 Å². The molecule has 3 rings (SSSR count). The number of benzene rings is 2. The molecule has 1 aromatic heterocycles. The molecule has 3 aromatic rings. The molecule has 0 saturated heterocycles. The van der Waals surface area contributed by atoms with Gasteiger partial charge in [0.15, 0.2) is 0 Å². The lowest BCUT2D eigenvalue weighted by atomic mass is 10.0. The minimum absolute atomic E-state index is 0.0555. The van der Waals surface area contributed by atoms with Gasteiger partial charge >= 0.3 is 0 Å². The molecule has 0 aliphatic carbocycles. The van der Waals surface area contributed by atoms with Gasteiger partial charge in [0, 0.05) is 28.8 Å². The van der Waals surface area contributed by atoms with Crippen LogP contribution in [0.25, 0.3) is 10.9 Å². The SMILES string of the molecule is COc1cc([N+](=O)[O-])c(C(=O)N(c2ccc3[nH]ccc3c2)C(C)CC(C)C)cc1SC. The monoisotopic (exact) mass is 441 g/mol. The summed E-state index contributed by atoms with van der Waals surface area (Å²) in [7, 11) is 1.46. The van der Waals surface area contributed by atoms with E-state index in [0.29, 0.717) is 22.3 Å². The molecule has 1 heterocycles. The summed E-state index contributed by atoms with van der Waals surface area (Å²) in [5, 5.41) is 12.8. The molecule has 1 N–H and O–H groups in total. The van der Waals surface area contributed by atoms with Crippen molar-refractivity contribution >= 4 is 39.9 Å². The van der Waals surface area contributed by atoms with Gasteiger partial charge in [-0.3, -0.25) is 14.9 Å². The highest BCUT2D eigenvalue weighted by Crippen LogP contribution is 2.36. The third kappa shape index (κ3) is 4.69. The second-order valence-corrected chi connectivity index (χ2v) is 8.73. The third-order valence-corrected chi connectivity index (χ3v) is 5.97. The Kier molecular flexibility index (Phi) is 6.90. The minimum Gasteiger partial charge on any atom is -0.495 e. The normalized spacial score (nSPS) is 12.2. The van der Waals surface area contributed by atoms with Crippen LogP contribution in [-0.2, 0) is 0 Å². The van der Waals surface area contributed by atoms with Crippen molar-refractivity contribution in [3.8, 4) is 5.75 Å². The average Bonchev–Trinajstić information content (AvgIpc) is 3.20. The molecule has 31 heavy (non-hydrogen) atoms. The van der Waals surface area contributed by atoms with Crippen LogP contribution < -0.4 is 9.64 Å². The van der Waals surface area contributed by atoms with E-state index in [2.05, 4.69) is 18.8 Å². The van der Waals surface area contributed by atoms with Gasteiger partial charge in [-0.2, -0.15) is 0 Å². The number of nitro benzene ring substituents is 1. The number of thioether (sulfide) groups is 1. The summed E-state index contributed by atoms with van der Waals surface area (Å²) in [6.45, 7) is 6.16. The van der Waals surface area contributed by atoms with Gasteiger partial charge in [-0.05, 0) is 55.9 Å². The molecule has 8 heteroatoms. The summed E-state index contributed by atoms with van der Waals surface area (Å²) in [6.07, 6.45) is 4.45. The predicted molar refractivity (Wildman–Crippen MR) is 125 cm³/mol. The number of aromatic amines is 1. The molecule has 0 fully saturated rings. The number of nitrogens with zero attached hydrogens (tertiary/aromatic N) is 2. The first kappa shape index (κ1) is 22.7. The number of nitro groups is 1. The Balaban J connectivity index is 2.16. The van der Waals surface area contributed by atoms with Crippen LogP contribution in [0.15, 0.2) is 47.5 Å². The summed E-state index contributed by atoms with van der Waals surface area (Å²) in [5.74, 6) is 0.341. The number of ether oxygens (including phenoxy) is 1. The quantitative estimate of drug-likeness (QED) is 0.268. The second-order valence-electron chi connectivity index (χ2n) is 7.88. The molecular weight excluding hydrogens is 414 g/mol. The third-order valence-electron chi connectivity index (χ3n) is 5.22. The number of rotatable bonds is 8. The number of hydrogen-bond acceptors (Lipinski definition) is 5. The van der Waals surface area contributed by atoms with Crippen LogP contribution in [-0.4, -0.2) is 35.2 Å². The zero-order chi connectivity index (χ0) is 22.7. The number of hydrogen-bond donors (Lipinski definition) is 1. The van der Waals surface area contributed by atoms with Crippen molar-refractivity contribution < 1.29 is 14.5 Å². The Morgan fingerprint density at radius 1 is 1.23 bits per heavy atom. The lowest BCUT2D eigenvalue weighted by Gasteiger charge is -2.31. The Bertz CT molecular complexity index is 1110. The molecule has 1 atom stereocenters. The maximum absolute atomic E-state index is 13.8. The fourth-order valence-corrected chi connectivity index (χ4v) is 4.45. The van der Waals surface area contributed by atoms with E-state index < -0.39 is 10.8 Å². The molecule has 0 radical (unpaired) electrons. The molecule has 0 saturated carbocycles. The van der Waals surface area contributed by atoms with Crippen LogP contribution >= 0.6 is 11.8 Å². The van der Waals surface area contributed by atoms with Crippen LogP contribution in [0.4, 0.5) is 11.4 Å². The van der Waals surface area contributed by atoms with E-state index in [0.717, 1.165) is 17.3 Å². The van der Waals surface area contributed by atoms with E-state index in [1.54, 1.807) is 11.0 Å². The van der Waals surface area contributed by atoms with Gasteiger partial charge < -0.3 is 14.6 Å². The Labute approximate surface area is 185 Å². The standard InChI is InChI=1S/C23H27N3O4S/c1-14(2)10-15(3)25(17-6-7-19-16(11-17)8-9-24-19)23(27)18-12-22(31-5)21(30-4)13-20(18)26(28)29/h6-9,11-15,24H,10H2,1-5H3. The predicted octanol–water partition coefficient (Wildman–Crippen LogP) is 5.89. The van der Waals surface area contributed by atoms with Gasteiger partial charge in [-0.1, -0.05) is 13.8 Å². The van der Waals surface area contributed by atoms with Gasteiger partial charge in [0.2, 0.25) is 0 Å². The molecule has 0 spiro atoms. The fraction of sp³-hybridized carbons (Fsp3) is 0.348. The first-order valence-corrected chi connectivity index (χ1v) is 11.3. The number of fused-ring (bicyclic) bond motifs is 1. The van der Waals surface area contributed by atoms with Crippen molar-refractivity contribution in [2.24, 2.45) is 5.92 Å². The topological polar surface area (TPSA) is 88.5 Å². The fourth-order valence-electron chi connectivity index (χ4n) is 3.87. The number of methoxy groups -OCH3 is 1. The summed E-state index contributed by atoms with van der Waals surface area (Å²) in [5.41, 5.74) is 1.47. The van der Waals surface area contributed by atoms with Gasteiger partial charge in [-0.15, -0.1) is 11.8 Å². The molecule has 1 unspecified atom stereocenters. The highest BCUT2D eigenvalue weighted by molar-refractivity contribution is 7.98. The van der Waals surface area contributed by atoms with Crippen molar-refractivity contribution in [3.63, 3.8) is 0 Å². The smallest absolute Gasteiger partial charge is 0.285 e. The number of nitrogens with one attached hydrogen (secondary N) is 1. The zero-order valence-corrected chi connectivity index (χ0v) is 19.2. The Hall–Kier alpha value is -3.00. The molecule has 1 amide bonds. The lowest BCUT2D eigenvalue weighted by Crippen LogP contribution is -2.40. The highest BCUT2D eigenvalue weighted by atomic mass is 32.2. The zero-order valence-electron chi connectivity index (χ0n) is 18.3. The summed E-state index contributed by atoms with van der Waals surface area (Å²) in [6, 6.07) is 10.4. The van der Waals surface area contributed by atoms with Crippen LogP contribution in [0.3, 0.4) is 0 Å². The number of aromatic nitrogens is 1. The molecular formula is C23H27N3O4S. The largest absolute Gasteiger partial charge is 0.495 e. The Morgan fingerprint density at radius 2 is 1.97 bits per heavy atom. The van der Waals surface area contributed by atoms with E-state index in [1.165, 1.54) is 24.9 Å². The van der Waals surface area contributed by atoms with Gasteiger partial charge in [0.1, 0.15) is 11.3 Å². The number of carbonyl (C=O) groups is 1. The van der Waals surface area contributed by atoms with Crippen LogP contribution in [0.1, 0.15) is 37.6 Å². The Morgan fingerprint density at radius 3 is 2.58 bits per heavy atom. The number of H-pyrrole nitrogens is 1. The summed E-state index contributed by atoms with van der Waals surface area (Å²) >= 11 is 1.38. The molecule has 2 aromatic carbocycles. The summed E-state index contributed by atoms with van der Waals surface area (Å²) < 4.78 is 5.29.